The van der Waals surface area contributed by atoms with E-state index in [1.54, 1.807) is 11.8 Å². The number of rotatable bonds is 3. The SMILES string of the molecule is N#Cc1ccc(S(=O)(=O)NC2CCSC2)cc1Cl. The lowest BCUT2D eigenvalue weighted by molar-refractivity contribution is 0.563. The van der Waals surface area contributed by atoms with E-state index >= 15 is 0 Å². The van der Waals surface area contributed by atoms with E-state index in [4.69, 9.17) is 16.9 Å². The van der Waals surface area contributed by atoms with Gasteiger partial charge in [-0.2, -0.15) is 17.0 Å². The van der Waals surface area contributed by atoms with Crippen LogP contribution in [0.5, 0.6) is 0 Å². The van der Waals surface area contributed by atoms with Gasteiger partial charge in [-0.05, 0) is 30.4 Å². The van der Waals surface area contributed by atoms with Crippen LogP contribution in [0.4, 0.5) is 0 Å². The number of thioether (sulfide) groups is 1. The summed E-state index contributed by atoms with van der Waals surface area (Å²) in [6.07, 6.45) is 0.841. The maximum Gasteiger partial charge on any atom is 0.240 e. The molecule has 0 aliphatic carbocycles. The van der Waals surface area contributed by atoms with Gasteiger partial charge in [0.05, 0.1) is 15.5 Å². The van der Waals surface area contributed by atoms with Crippen molar-refractivity contribution in [2.24, 2.45) is 0 Å². The Morgan fingerprint density at radius 3 is 2.83 bits per heavy atom. The van der Waals surface area contributed by atoms with Gasteiger partial charge in [-0.15, -0.1) is 0 Å². The highest BCUT2D eigenvalue weighted by atomic mass is 35.5. The van der Waals surface area contributed by atoms with E-state index in [9.17, 15) is 8.42 Å². The molecule has 2 rings (SSSR count). The van der Waals surface area contributed by atoms with Gasteiger partial charge in [0.2, 0.25) is 10.0 Å². The lowest BCUT2D eigenvalue weighted by atomic mass is 10.2. The van der Waals surface area contributed by atoms with Crippen LogP contribution in [-0.4, -0.2) is 26.0 Å². The zero-order valence-electron chi connectivity index (χ0n) is 9.39. The van der Waals surface area contributed by atoms with Crippen LogP contribution in [0.15, 0.2) is 23.1 Å². The molecule has 1 aliphatic heterocycles. The highest BCUT2D eigenvalue weighted by molar-refractivity contribution is 7.99. The zero-order valence-corrected chi connectivity index (χ0v) is 11.8. The number of nitrogens with one attached hydrogen (secondary N) is 1. The normalized spacial score (nSPS) is 19.7. The summed E-state index contributed by atoms with van der Waals surface area (Å²) in [5.41, 5.74) is 0.270. The second-order valence-corrected chi connectivity index (χ2v) is 7.21. The number of sulfonamides is 1. The Kier molecular flexibility index (Phi) is 4.17. The van der Waals surface area contributed by atoms with Gasteiger partial charge in [0.25, 0.3) is 0 Å². The second kappa shape index (κ2) is 5.49. The van der Waals surface area contributed by atoms with Crippen LogP contribution in [0.1, 0.15) is 12.0 Å². The molecule has 1 aliphatic rings. The molecule has 0 amide bonds. The topological polar surface area (TPSA) is 70.0 Å². The van der Waals surface area contributed by atoms with Crippen LogP contribution >= 0.6 is 23.4 Å². The van der Waals surface area contributed by atoms with Crippen LogP contribution in [0.25, 0.3) is 0 Å². The van der Waals surface area contributed by atoms with Crippen LogP contribution < -0.4 is 4.72 Å². The average molecular weight is 303 g/mol. The highest BCUT2D eigenvalue weighted by Crippen LogP contribution is 2.22. The first-order valence-corrected chi connectivity index (χ1v) is 8.34. The summed E-state index contributed by atoms with van der Waals surface area (Å²) >= 11 is 7.56. The summed E-state index contributed by atoms with van der Waals surface area (Å²) in [6, 6.07) is 6.00. The Morgan fingerprint density at radius 1 is 1.50 bits per heavy atom. The lowest BCUT2D eigenvalue weighted by Gasteiger charge is -2.12. The largest absolute Gasteiger partial charge is 0.240 e. The number of nitriles is 1. The molecule has 1 aromatic carbocycles. The number of benzene rings is 1. The monoisotopic (exact) mass is 302 g/mol. The predicted molar refractivity (Wildman–Crippen MR) is 72.2 cm³/mol. The number of nitrogens with zero attached hydrogens (tertiary/aromatic N) is 1. The summed E-state index contributed by atoms with van der Waals surface area (Å²) < 4.78 is 26.8. The van der Waals surface area contributed by atoms with Crippen molar-refractivity contribution in [3.63, 3.8) is 0 Å². The molecular formula is C11H11ClN2O2S2. The molecule has 4 nitrogen and oxygen atoms in total. The number of hydrogen-bond acceptors (Lipinski definition) is 4. The molecular weight excluding hydrogens is 292 g/mol. The lowest BCUT2D eigenvalue weighted by Crippen LogP contribution is -2.34. The molecule has 0 saturated carbocycles. The van der Waals surface area contributed by atoms with Crippen molar-refractivity contribution in [1.29, 1.82) is 5.26 Å². The minimum absolute atomic E-state index is 0.0191. The molecule has 18 heavy (non-hydrogen) atoms. The molecule has 1 atom stereocenters. The Bertz CT molecular complexity index is 590. The number of hydrogen-bond donors (Lipinski definition) is 1. The van der Waals surface area contributed by atoms with E-state index in [0.717, 1.165) is 17.9 Å². The third kappa shape index (κ3) is 2.98. The fourth-order valence-electron chi connectivity index (χ4n) is 1.67. The van der Waals surface area contributed by atoms with Gasteiger partial charge in [0.15, 0.2) is 0 Å². The van der Waals surface area contributed by atoms with Crippen molar-refractivity contribution >= 4 is 33.4 Å². The minimum atomic E-state index is -3.55. The molecule has 96 valence electrons. The van der Waals surface area contributed by atoms with E-state index in [-0.39, 0.29) is 21.5 Å². The van der Waals surface area contributed by atoms with Crippen molar-refractivity contribution in [2.75, 3.05) is 11.5 Å². The molecule has 1 fully saturated rings. The van der Waals surface area contributed by atoms with Crippen LogP contribution in [0.3, 0.4) is 0 Å². The van der Waals surface area contributed by atoms with Gasteiger partial charge in [0.1, 0.15) is 6.07 Å². The first-order chi connectivity index (χ1) is 8.53. The third-order valence-corrected chi connectivity index (χ3v) is 5.62. The predicted octanol–water partition coefficient (Wildman–Crippen LogP) is 2.00. The summed E-state index contributed by atoms with van der Waals surface area (Å²) in [5, 5.41) is 8.89. The van der Waals surface area contributed by atoms with Crippen LogP contribution in [-0.2, 0) is 10.0 Å². The quantitative estimate of drug-likeness (QED) is 0.927. The van der Waals surface area contributed by atoms with Gasteiger partial charge in [-0.3, -0.25) is 0 Å². The molecule has 1 unspecified atom stereocenters. The maximum absolute atomic E-state index is 12.1. The van der Waals surface area contributed by atoms with Gasteiger partial charge < -0.3 is 0 Å². The Morgan fingerprint density at radius 2 is 2.28 bits per heavy atom. The molecule has 1 saturated heterocycles. The second-order valence-electron chi connectivity index (χ2n) is 3.94. The smallest absolute Gasteiger partial charge is 0.207 e. The maximum atomic E-state index is 12.1. The van der Waals surface area contributed by atoms with E-state index in [2.05, 4.69) is 4.72 Å². The molecule has 7 heteroatoms. The summed E-state index contributed by atoms with van der Waals surface area (Å²) in [7, 11) is -3.55. The Balaban J connectivity index is 2.24. The van der Waals surface area contributed by atoms with Crippen LogP contribution in [0, 0.1) is 11.3 Å². The van der Waals surface area contributed by atoms with Gasteiger partial charge in [0, 0.05) is 11.8 Å². The Hall–Kier alpha value is -0.740. The molecule has 1 aromatic rings. The summed E-state index contributed by atoms with van der Waals surface area (Å²) in [6.45, 7) is 0. The van der Waals surface area contributed by atoms with E-state index in [1.807, 2.05) is 6.07 Å². The first-order valence-electron chi connectivity index (χ1n) is 5.32. The third-order valence-electron chi connectivity index (χ3n) is 2.62. The van der Waals surface area contributed by atoms with Crippen molar-refractivity contribution in [3.05, 3.63) is 28.8 Å². The summed E-state index contributed by atoms with van der Waals surface area (Å²) in [5.74, 6) is 1.77. The van der Waals surface area contributed by atoms with E-state index in [0.29, 0.717) is 0 Å². The van der Waals surface area contributed by atoms with Crippen LogP contribution in [0.2, 0.25) is 5.02 Å². The van der Waals surface area contributed by atoms with Crippen molar-refractivity contribution < 1.29 is 8.42 Å². The number of halogens is 1. The Labute approximate surface area is 115 Å². The zero-order chi connectivity index (χ0) is 13.2. The average Bonchev–Trinajstić information content (AvgIpc) is 2.81. The molecule has 0 radical (unpaired) electrons. The van der Waals surface area contributed by atoms with Crippen molar-refractivity contribution in [1.82, 2.24) is 4.72 Å². The molecule has 1 N–H and O–H groups in total. The van der Waals surface area contributed by atoms with Gasteiger partial charge >= 0.3 is 0 Å². The van der Waals surface area contributed by atoms with E-state index < -0.39 is 10.0 Å². The van der Waals surface area contributed by atoms with Gasteiger partial charge in [-0.25, -0.2) is 13.1 Å². The molecule has 0 bridgehead atoms. The molecule has 1 heterocycles. The fourth-order valence-corrected chi connectivity index (χ4v) is 4.51. The van der Waals surface area contributed by atoms with Gasteiger partial charge in [-0.1, -0.05) is 11.6 Å². The standard InChI is InChI=1S/C11H11ClN2O2S2/c12-11-5-10(2-1-8(11)6-13)18(15,16)14-9-3-4-17-7-9/h1-2,5,9,14H,3-4,7H2. The first kappa shape index (κ1) is 13.7. The fraction of sp³-hybridized carbons (Fsp3) is 0.364. The van der Waals surface area contributed by atoms with Crippen molar-refractivity contribution in [3.8, 4) is 6.07 Å². The van der Waals surface area contributed by atoms with Crippen molar-refractivity contribution in [2.45, 2.75) is 17.4 Å². The molecule has 0 spiro atoms. The minimum Gasteiger partial charge on any atom is -0.207 e. The molecule has 0 aromatic heterocycles. The van der Waals surface area contributed by atoms with E-state index in [1.165, 1.54) is 18.2 Å². The highest BCUT2D eigenvalue weighted by Gasteiger charge is 2.23. The summed E-state index contributed by atoms with van der Waals surface area (Å²) in [4.78, 5) is 0.100.